The van der Waals surface area contributed by atoms with Crippen LogP contribution in [-0.2, 0) is 20.7 Å². The Morgan fingerprint density at radius 2 is 1.38 bits per heavy atom. The van der Waals surface area contributed by atoms with Gasteiger partial charge in [0.25, 0.3) is 0 Å². The Morgan fingerprint density at radius 3 is 1.92 bits per heavy atom. The fourth-order valence-electron chi connectivity index (χ4n) is 2.34. The third-order valence-corrected chi connectivity index (χ3v) is 5.49. The Hall–Kier alpha value is -0.980. The van der Waals surface area contributed by atoms with Crippen LogP contribution in [0.2, 0.25) is 0 Å². The van der Waals surface area contributed by atoms with Crippen LogP contribution in [0.3, 0.4) is 0 Å². The van der Waals surface area contributed by atoms with E-state index >= 15 is 0 Å². The molecular formula is C18H15Br3O3. The maximum Gasteiger partial charge on any atom is 0.338 e. The number of benzene rings is 2. The van der Waals surface area contributed by atoms with Gasteiger partial charge in [-0.2, -0.15) is 0 Å². The average molecular weight is 519 g/mol. The highest BCUT2D eigenvalue weighted by Gasteiger charge is 2.16. The summed E-state index contributed by atoms with van der Waals surface area (Å²) in [5.74, 6) is -0.483. The molecule has 0 fully saturated rings. The van der Waals surface area contributed by atoms with Gasteiger partial charge in [-0.1, -0.05) is 66.0 Å². The Bertz CT molecular complexity index is 772. The first-order valence-electron chi connectivity index (χ1n) is 7.11. The molecule has 2 rings (SSSR count). The number of esters is 1. The molecule has 0 saturated heterocycles. The minimum atomic E-state index is -0.410. The summed E-state index contributed by atoms with van der Waals surface area (Å²) in [6.07, 6.45) is 0. The summed E-state index contributed by atoms with van der Waals surface area (Å²) in [6, 6.07) is 10.7. The van der Waals surface area contributed by atoms with Crippen molar-refractivity contribution in [1.29, 1.82) is 0 Å². The molecule has 0 bridgehead atoms. The van der Waals surface area contributed by atoms with Crippen LogP contribution in [0.25, 0.3) is 0 Å². The summed E-state index contributed by atoms with van der Waals surface area (Å²) in [4.78, 5) is 24.5. The van der Waals surface area contributed by atoms with Gasteiger partial charge in [-0.3, -0.25) is 4.79 Å². The first kappa shape index (κ1) is 19.3. The van der Waals surface area contributed by atoms with Crippen LogP contribution in [0.1, 0.15) is 43.0 Å². The van der Waals surface area contributed by atoms with E-state index in [0.717, 1.165) is 22.0 Å². The molecular weight excluding hydrogens is 504 g/mol. The summed E-state index contributed by atoms with van der Waals surface area (Å²) in [5.41, 5.74) is 4.58. The summed E-state index contributed by atoms with van der Waals surface area (Å²) in [5, 5.41) is 1.89. The van der Waals surface area contributed by atoms with Gasteiger partial charge >= 0.3 is 5.97 Å². The van der Waals surface area contributed by atoms with E-state index in [9.17, 15) is 9.59 Å². The van der Waals surface area contributed by atoms with Gasteiger partial charge in [-0.15, -0.1) is 0 Å². The molecule has 0 heterocycles. The van der Waals surface area contributed by atoms with Gasteiger partial charge in [0.15, 0.2) is 5.78 Å². The molecule has 0 spiro atoms. The van der Waals surface area contributed by atoms with Crippen LogP contribution in [0.15, 0.2) is 36.4 Å². The predicted molar refractivity (Wildman–Crippen MR) is 106 cm³/mol. The van der Waals surface area contributed by atoms with E-state index in [4.69, 9.17) is 4.74 Å². The predicted octanol–water partition coefficient (Wildman–Crippen LogP) is 5.39. The van der Waals surface area contributed by atoms with Crippen molar-refractivity contribution in [3.05, 3.63) is 69.8 Å². The molecule has 3 nitrogen and oxygen atoms in total. The van der Waals surface area contributed by atoms with Crippen molar-refractivity contribution in [2.75, 3.05) is 7.11 Å². The standard InChI is InChI=1S/C18H15Br3O3/c1-24-18(23)16-5-4-12(7-15(16)10-21)17(22)11-2-3-13(8-19)14(6-11)9-20/h2-7H,8-10H2,1H3. The number of methoxy groups -OCH3 is 1. The molecule has 0 amide bonds. The smallest absolute Gasteiger partial charge is 0.338 e. The third kappa shape index (κ3) is 4.16. The molecule has 0 saturated carbocycles. The molecule has 126 valence electrons. The first-order chi connectivity index (χ1) is 11.5. The lowest BCUT2D eigenvalue weighted by atomic mass is 9.96. The molecule has 0 atom stereocenters. The fraction of sp³-hybridized carbons (Fsp3) is 0.222. The zero-order valence-corrected chi connectivity index (χ0v) is 17.7. The lowest BCUT2D eigenvalue weighted by molar-refractivity contribution is 0.0599. The molecule has 24 heavy (non-hydrogen) atoms. The number of hydrogen-bond acceptors (Lipinski definition) is 3. The quantitative estimate of drug-likeness (QED) is 0.292. The zero-order chi connectivity index (χ0) is 17.7. The highest BCUT2D eigenvalue weighted by Crippen LogP contribution is 2.22. The second kappa shape index (κ2) is 8.92. The first-order valence-corrected chi connectivity index (χ1v) is 10.5. The van der Waals surface area contributed by atoms with Gasteiger partial charge < -0.3 is 4.74 Å². The van der Waals surface area contributed by atoms with Crippen molar-refractivity contribution in [3.63, 3.8) is 0 Å². The van der Waals surface area contributed by atoms with E-state index in [0.29, 0.717) is 27.4 Å². The number of alkyl halides is 3. The lowest BCUT2D eigenvalue weighted by Crippen LogP contribution is -2.08. The Balaban J connectivity index is 2.41. The Morgan fingerprint density at radius 1 is 0.833 bits per heavy atom. The second-order valence-corrected chi connectivity index (χ2v) is 6.76. The van der Waals surface area contributed by atoms with E-state index < -0.39 is 5.97 Å². The van der Waals surface area contributed by atoms with Gasteiger partial charge in [0.1, 0.15) is 0 Å². The lowest BCUT2D eigenvalue weighted by Gasteiger charge is -2.10. The van der Waals surface area contributed by atoms with E-state index in [1.165, 1.54) is 7.11 Å². The van der Waals surface area contributed by atoms with Crippen molar-refractivity contribution in [1.82, 2.24) is 0 Å². The number of ether oxygens (including phenoxy) is 1. The van der Waals surface area contributed by atoms with Gasteiger partial charge in [0.05, 0.1) is 12.7 Å². The number of carbonyl (C=O) groups is 2. The molecule has 0 aliphatic carbocycles. The molecule has 0 radical (unpaired) electrons. The summed E-state index contributed by atoms with van der Waals surface area (Å²) >= 11 is 10.3. The van der Waals surface area contributed by atoms with Crippen LogP contribution in [0, 0.1) is 0 Å². The van der Waals surface area contributed by atoms with Crippen LogP contribution in [0.4, 0.5) is 0 Å². The Kier molecular flexibility index (Phi) is 7.19. The molecule has 0 N–H and O–H groups in total. The normalized spacial score (nSPS) is 10.5. The highest BCUT2D eigenvalue weighted by atomic mass is 79.9. The van der Waals surface area contributed by atoms with Crippen LogP contribution in [-0.4, -0.2) is 18.9 Å². The summed E-state index contributed by atoms with van der Waals surface area (Å²) < 4.78 is 4.77. The molecule has 6 heteroatoms. The number of hydrogen-bond donors (Lipinski definition) is 0. The van der Waals surface area contributed by atoms with Gasteiger partial charge in [0.2, 0.25) is 0 Å². The molecule has 0 aromatic heterocycles. The molecule has 2 aromatic carbocycles. The van der Waals surface area contributed by atoms with Crippen molar-refractivity contribution in [2.45, 2.75) is 16.0 Å². The van der Waals surface area contributed by atoms with Crippen molar-refractivity contribution >= 4 is 59.5 Å². The van der Waals surface area contributed by atoms with Crippen molar-refractivity contribution < 1.29 is 14.3 Å². The number of carbonyl (C=O) groups excluding carboxylic acids is 2. The van der Waals surface area contributed by atoms with E-state index in [1.807, 2.05) is 18.2 Å². The summed E-state index contributed by atoms with van der Waals surface area (Å²) in [7, 11) is 1.34. The largest absolute Gasteiger partial charge is 0.465 e. The van der Waals surface area contributed by atoms with Gasteiger partial charge in [-0.05, 0) is 34.9 Å². The summed E-state index contributed by atoms with van der Waals surface area (Å²) in [6.45, 7) is 0. The highest BCUT2D eigenvalue weighted by molar-refractivity contribution is 9.09. The fourth-order valence-corrected chi connectivity index (χ4v) is 3.88. The molecule has 2 aromatic rings. The zero-order valence-electron chi connectivity index (χ0n) is 12.9. The maximum atomic E-state index is 12.8. The van der Waals surface area contributed by atoms with Crippen LogP contribution >= 0.6 is 47.8 Å². The average Bonchev–Trinajstić information content (AvgIpc) is 2.65. The molecule has 0 aliphatic rings. The second-order valence-electron chi connectivity index (χ2n) is 5.08. The van der Waals surface area contributed by atoms with Crippen LogP contribution in [0.5, 0.6) is 0 Å². The van der Waals surface area contributed by atoms with E-state index in [2.05, 4.69) is 47.8 Å². The molecule has 0 unspecified atom stereocenters. The van der Waals surface area contributed by atoms with E-state index in [-0.39, 0.29) is 5.78 Å². The minimum absolute atomic E-state index is 0.0723. The van der Waals surface area contributed by atoms with Gasteiger partial charge in [-0.25, -0.2) is 4.79 Å². The molecule has 0 aliphatic heterocycles. The minimum Gasteiger partial charge on any atom is -0.465 e. The van der Waals surface area contributed by atoms with Crippen molar-refractivity contribution in [3.8, 4) is 0 Å². The van der Waals surface area contributed by atoms with Crippen LogP contribution < -0.4 is 0 Å². The SMILES string of the molecule is COC(=O)c1ccc(C(=O)c2ccc(CBr)c(CBr)c2)cc1CBr. The van der Waals surface area contributed by atoms with E-state index in [1.54, 1.807) is 18.2 Å². The maximum absolute atomic E-state index is 12.8. The monoisotopic (exact) mass is 516 g/mol. The Labute approximate surface area is 166 Å². The third-order valence-electron chi connectivity index (χ3n) is 3.67. The number of ketones is 1. The van der Waals surface area contributed by atoms with Crippen molar-refractivity contribution in [2.24, 2.45) is 0 Å². The topological polar surface area (TPSA) is 43.4 Å². The number of halogens is 3. The number of rotatable bonds is 6. The van der Waals surface area contributed by atoms with Gasteiger partial charge in [0, 0.05) is 27.1 Å².